The van der Waals surface area contributed by atoms with Gasteiger partial charge in [0, 0.05) is 25.3 Å². The first-order valence-corrected chi connectivity index (χ1v) is 9.45. The Labute approximate surface area is 174 Å². The number of carbonyl (C=O) groups excluding carboxylic acids is 4. The molecular weight excluding hydrogens is 384 g/mol. The van der Waals surface area contributed by atoms with Crippen molar-refractivity contribution in [2.75, 3.05) is 26.0 Å². The molecule has 0 radical (unpaired) electrons. The number of nitrogens with zero attached hydrogens (tertiary/aromatic N) is 2. The number of urea groups is 1. The SMILES string of the molecule is Cc1ccccc1C1(C)NC(=O)N(CC(=O)Nc2ccc(C(=O)N(C)C)cc2)C1=O. The van der Waals surface area contributed by atoms with Crippen LogP contribution in [-0.4, -0.2) is 54.2 Å². The number of carbonyl (C=O) groups is 4. The number of benzene rings is 2. The van der Waals surface area contributed by atoms with Gasteiger partial charge in [-0.25, -0.2) is 4.79 Å². The molecule has 1 aliphatic heterocycles. The van der Waals surface area contributed by atoms with Crippen molar-refractivity contribution >= 4 is 29.4 Å². The molecule has 0 aliphatic carbocycles. The zero-order valence-electron chi connectivity index (χ0n) is 17.4. The van der Waals surface area contributed by atoms with Gasteiger partial charge in [-0.2, -0.15) is 0 Å². The molecule has 156 valence electrons. The van der Waals surface area contributed by atoms with Crippen molar-refractivity contribution in [2.45, 2.75) is 19.4 Å². The Morgan fingerprint density at radius 2 is 1.70 bits per heavy atom. The fourth-order valence-electron chi connectivity index (χ4n) is 3.46. The smallest absolute Gasteiger partial charge is 0.325 e. The summed E-state index contributed by atoms with van der Waals surface area (Å²) in [4.78, 5) is 52.1. The zero-order chi connectivity index (χ0) is 22.1. The van der Waals surface area contributed by atoms with Crippen LogP contribution in [0.4, 0.5) is 10.5 Å². The van der Waals surface area contributed by atoms with E-state index in [1.165, 1.54) is 4.90 Å². The van der Waals surface area contributed by atoms with Crippen molar-refractivity contribution in [3.8, 4) is 0 Å². The highest BCUT2D eigenvalue weighted by Crippen LogP contribution is 2.30. The number of rotatable bonds is 5. The maximum absolute atomic E-state index is 13.0. The lowest BCUT2D eigenvalue weighted by Gasteiger charge is -2.24. The highest BCUT2D eigenvalue weighted by atomic mass is 16.2. The molecular formula is C22H24N4O4. The quantitative estimate of drug-likeness (QED) is 0.740. The predicted molar refractivity (Wildman–Crippen MR) is 112 cm³/mol. The van der Waals surface area contributed by atoms with Gasteiger partial charge in [0.1, 0.15) is 12.1 Å². The molecule has 8 nitrogen and oxygen atoms in total. The summed E-state index contributed by atoms with van der Waals surface area (Å²) in [5, 5.41) is 5.35. The molecule has 0 aromatic heterocycles. The Morgan fingerprint density at radius 3 is 2.30 bits per heavy atom. The number of imide groups is 1. The van der Waals surface area contributed by atoms with Crippen LogP contribution in [-0.2, 0) is 15.1 Å². The molecule has 1 heterocycles. The van der Waals surface area contributed by atoms with Gasteiger partial charge in [0.2, 0.25) is 5.91 Å². The van der Waals surface area contributed by atoms with Crippen molar-refractivity contribution in [1.82, 2.24) is 15.1 Å². The third-order valence-corrected chi connectivity index (χ3v) is 5.08. The molecule has 1 atom stereocenters. The Morgan fingerprint density at radius 1 is 1.07 bits per heavy atom. The van der Waals surface area contributed by atoms with E-state index < -0.39 is 29.9 Å². The van der Waals surface area contributed by atoms with Gasteiger partial charge in [-0.05, 0) is 49.2 Å². The molecule has 5 amide bonds. The molecule has 1 unspecified atom stereocenters. The first kappa shape index (κ1) is 21.0. The van der Waals surface area contributed by atoms with E-state index in [-0.39, 0.29) is 5.91 Å². The van der Waals surface area contributed by atoms with Crippen LogP contribution in [0, 0.1) is 6.92 Å². The minimum absolute atomic E-state index is 0.150. The summed E-state index contributed by atoms with van der Waals surface area (Å²) in [5.74, 6) is -1.15. The van der Waals surface area contributed by atoms with Gasteiger partial charge in [-0.1, -0.05) is 24.3 Å². The van der Waals surface area contributed by atoms with Gasteiger partial charge < -0.3 is 15.5 Å². The third kappa shape index (κ3) is 3.89. The van der Waals surface area contributed by atoms with E-state index >= 15 is 0 Å². The van der Waals surface area contributed by atoms with Crippen LogP contribution in [0.15, 0.2) is 48.5 Å². The maximum atomic E-state index is 13.0. The van der Waals surface area contributed by atoms with E-state index in [9.17, 15) is 19.2 Å². The molecule has 30 heavy (non-hydrogen) atoms. The first-order valence-electron chi connectivity index (χ1n) is 9.45. The molecule has 3 rings (SSSR count). The Hall–Kier alpha value is -3.68. The fourth-order valence-corrected chi connectivity index (χ4v) is 3.46. The number of aryl methyl sites for hydroxylation is 1. The molecule has 1 saturated heterocycles. The lowest BCUT2D eigenvalue weighted by molar-refractivity contribution is -0.133. The Bertz CT molecular complexity index is 1020. The van der Waals surface area contributed by atoms with Crippen molar-refractivity contribution in [3.05, 3.63) is 65.2 Å². The summed E-state index contributed by atoms with van der Waals surface area (Å²) in [6.07, 6.45) is 0. The van der Waals surface area contributed by atoms with Gasteiger partial charge in [-0.3, -0.25) is 19.3 Å². The normalized spacial score (nSPS) is 18.2. The van der Waals surface area contributed by atoms with E-state index in [0.717, 1.165) is 10.5 Å². The average molecular weight is 408 g/mol. The molecule has 0 spiro atoms. The van der Waals surface area contributed by atoms with Gasteiger partial charge in [0.05, 0.1) is 0 Å². The lowest BCUT2D eigenvalue weighted by atomic mass is 9.88. The highest BCUT2D eigenvalue weighted by Gasteiger charge is 2.49. The summed E-state index contributed by atoms with van der Waals surface area (Å²) in [6.45, 7) is 3.08. The number of anilines is 1. The summed E-state index contributed by atoms with van der Waals surface area (Å²) in [5.41, 5.74) is 1.28. The molecule has 1 fully saturated rings. The van der Waals surface area contributed by atoms with Gasteiger partial charge >= 0.3 is 6.03 Å². The van der Waals surface area contributed by atoms with Crippen LogP contribution >= 0.6 is 0 Å². The molecule has 0 bridgehead atoms. The van der Waals surface area contributed by atoms with Crippen LogP contribution in [0.1, 0.15) is 28.4 Å². The standard InChI is InChI=1S/C22H24N4O4/c1-14-7-5-6-8-17(14)22(2)20(29)26(21(30)24-22)13-18(27)23-16-11-9-15(10-12-16)19(28)25(3)4/h5-12H,13H2,1-4H3,(H,23,27)(H,24,30). The zero-order valence-corrected chi connectivity index (χ0v) is 17.4. The summed E-state index contributed by atoms with van der Waals surface area (Å²) < 4.78 is 0. The number of hydrogen-bond donors (Lipinski definition) is 2. The number of amides is 5. The summed E-state index contributed by atoms with van der Waals surface area (Å²) >= 11 is 0. The van der Waals surface area contributed by atoms with Crippen LogP contribution in [0.25, 0.3) is 0 Å². The number of nitrogens with one attached hydrogen (secondary N) is 2. The monoisotopic (exact) mass is 408 g/mol. The van der Waals surface area contributed by atoms with Crippen LogP contribution < -0.4 is 10.6 Å². The van der Waals surface area contributed by atoms with E-state index in [1.54, 1.807) is 57.4 Å². The third-order valence-electron chi connectivity index (χ3n) is 5.08. The molecule has 2 aromatic rings. The van der Waals surface area contributed by atoms with Crippen LogP contribution in [0.5, 0.6) is 0 Å². The molecule has 2 aromatic carbocycles. The van der Waals surface area contributed by atoms with E-state index in [4.69, 9.17) is 0 Å². The summed E-state index contributed by atoms with van der Waals surface area (Å²) in [7, 11) is 3.31. The lowest BCUT2D eigenvalue weighted by Crippen LogP contribution is -2.42. The average Bonchev–Trinajstić information content (AvgIpc) is 2.92. The Kier molecular flexibility index (Phi) is 5.60. The van der Waals surface area contributed by atoms with Gasteiger partial charge in [-0.15, -0.1) is 0 Å². The van der Waals surface area contributed by atoms with E-state index in [2.05, 4.69) is 10.6 Å². The largest absolute Gasteiger partial charge is 0.345 e. The topological polar surface area (TPSA) is 98.8 Å². The maximum Gasteiger partial charge on any atom is 0.325 e. The van der Waals surface area contributed by atoms with Gasteiger partial charge in [0.15, 0.2) is 0 Å². The van der Waals surface area contributed by atoms with E-state index in [1.807, 2.05) is 19.1 Å². The second kappa shape index (κ2) is 7.98. The van der Waals surface area contributed by atoms with Crippen LogP contribution in [0.3, 0.4) is 0 Å². The predicted octanol–water partition coefficient (Wildman–Crippen LogP) is 2.10. The number of hydrogen-bond acceptors (Lipinski definition) is 4. The fraction of sp³-hybridized carbons (Fsp3) is 0.273. The minimum atomic E-state index is -1.23. The highest BCUT2D eigenvalue weighted by molar-refractivity contribution is 6.10. The van der Waals surface area contributed by atoms with Crippen LogP contribution in [0.2, 0.25) is 0 Å². The molecule has 1 aliphatic rings. The summed E-state index contributed by atoms with van der Waals surface area (Å²) in [6, 6.07) is 13.1. The van der Waals surface area contributed by atoms with Crippen molar-refractivity contribution < 1.29 is 19.2 Å². The molecule has 0 saturated carbocycles. The van der Waals surface area contributed by atoms with Crippen molar-refractivity contribution in [2.24, 2.45) is 0 Å². The first-order chi connectivity index (χ1) is 14.1. The van der Waals surface area contributed by atoms with Gasteiger partial charge in [0.25, 0.3) is 11.8 Å². The molecule has 2 N–H and O–H groups in total. The second-order valence-corrected chi connectivity index (χ2v) is 7.59. The van der Waals surface area contributed by atoms with Crippen molar-refractivity contribution in [1.29, 1.82) is 0 Å². The molecule has 8 heteroatoms. The minimum Gasteiger partial charge on any atom is -0.345 e. The van der Waals surface area contributed by atoms with E-state index in [0.29, 0.717) is 16.8 Å². The van der Waals surface area contributed by atoms with Crippen molar-refractivity contribution in [3.63, 3.8) is 0 Å². The second-order valence-electron chi connectivity index (χ2n) is 7.59. The Balaban J connectivity index is 1.70.